The number of aromatic amines is 1. The first-order chi connectivity index (χ1) is 11.2. The van der Waals surface area contributed by atoms with E-state index in [-0.39, 0.29) is 5.69 Å². The second kappa shape index (κ2) is 6.43. The monoisotopic (exact) mass is 311 g/mol. The number of benzene rings is 1. The Kier molecular flexibility index (Phi) is 4.18. The van der Waals surface area contributed by atoms with Crippen molar-refractivity contribution >= 4 is 22.5 Å². The standard InChI is InChI=1S/C16H17N5O2/c1-2-3-7-17-15-13-9-14(20-16(13)19-10-18-15)11-5-4-6-12(8-11)21(22)23/h4-6,8-10H,2-3,7H2,1H3,(H2,17,18,19,20). The van der Waals surface area contributed by atoms with Gasteiger partial charge in [0.15, 0.2) is 0 Å². The van der Waals surface area contributed by atoms with Crippen LogP contribution in [0.5, 0.6) is 0 Å². The first-order valence-electron chi connectivity index (χ1n) is 7.51. The van der Waals surface area contributed by atoms with Gasteiger partial charge in [-0.15, -0.1) is 0 Å². The molecule has 0 atom stereocenters. The molecule has 118 valence electrons. The number of rotatable bonds is 6. The number of nitrogens with one attached hydrogen (secondary N) is 2. The van der Waals surface area contributed by atoms with Gasteiger partial charge in [0.1, 0.15) is 17.8 Å². The SMILES string of the molecule is CCCCNc1ncnc2[nH]c(-c3cccc([N+](=O)[O-])c3)cc12. The van der Waals surface area contributed by atoms with E-state index in [1.807, 2.05) is 12.1 Å². The smallest absolute Gasteiger partial charge is 0.270 e. The van der Waals surface area contributed by atoms with Crippen molar-refractivity contribution in [1.82, 2.24) is 15.0 Å². The molecule has 0 saturated carbocycles. The van der Waals surface area contributed by atoms with E-state index in [0.29, 0.717) is 5.65 Å². The fourth-order valence-electron chi connectivity index (χ4n) is 2.41. The molecule has 0 fully saturated rings. The van der Waals surface area contributed by atoms with E-state index in [1.165, 1.54) is 12.4 Å². The van der Waals surface area contributed by atoms with Crippen LogP contribution in [-0.4, -0.2) is 26.4 Å². The van der Waals surface area contributed by atoms with Gasteiger partial charge in [-0.1, -0.05) is 25.5 Å². The largest absolute Gasteiger partial charge is 0.369 e. The van der Waals surface area contributed by atoms with E-state index in [4.69, 9.17) is 0 Å². The first kappa shape index (κ1) is 15.0. The maximum Gasteiger partial charge on any atom is 0.270 e. The zero-order chi connectivity index (χ0) is 16.2. The summed E-state index contributed by atoms with van der Waals surface area (Å²) in [7, 11) is 0. The number of hydrogen-bond acceptors (Lipinski definition) is 5. The van der Waals surface area contributed by atoms with Gasteiger partial charge in [-0.25, -0.2) is 9.97 Å². The molecule has 0 aliphatic rings. The molecule has 2 aromatic heterocycles. The molecule has 0 radical (unpaired) electrons. The summed E-state index contributed by atoms with van der Waals surface area (Å²) in [6.07, 6.45) is 3.67. The molecule has 23 heavy (non-hydrogen) atoms. The summed E-state index contributed by atoms with van der Waals surface area (Å²) in [4.78, 5) is 22.2. The van der Waals surface area contributed by atoms with Gasteiger partial charge < -0.3 is 10.3 Å². The van der Waals surface area contributed by atoms with Crippen molar-refractivity contribution < 1.29 is 4.92 Å². The zero-order valence-corrected chi connectivity index (χ0v) is 12.7. The normalized spacial score (nSPS) is 10.8. The molecular formula is C16H17N5O2. The van der Waals surface area contributed by atoms with Gasteiger partial charge in [0, 0.05) is 29.9 Å². The third-order valence-electron chi connectivity index (χ3n) is 3.62. The molecule has 0 bridgehead atoms. The third kappa shape index (κ3) is 3.13. The van der Waals surface area contributed by atoms with Crippen LogP contribution in [0, 0.1) is 10.1 Å². The second-order valence-electron chi connectivity index (χ2n) is 5.26. The van der Waals surface area contributed by atoms with E-state index < -0.39 is 4.92 Å². The Labute approximate surface area is 132 Å². The number of nitro benzene ring substituents is 1. The van der Waals surface area contributed by atoms with Gasteiger partial charge >= 0.3 is 0 Å². The highest BCUT2D eigenvalue weighted by molar-refractivity contribution is 5.91. The summed E-state index contributed by atoms with van der Waals surface area (Å²) in [6.45, 7) is 2.98. The maximum absolute atomic E-state index is 10.9. The Balaban J connectivity index is 1.98. The Hall–Kier alpha value is -2.96. The van der Waals surface area contributed by atoms with E-state index in [9.17, 15) is 10.1 Å². The second-order valence-corrected chi connectivity index (χ2v) is 5.26. The molecule has 0 aliphatic carbocycles. The van der Waals surface area contributed by atoms with Crippen molar-refractivity contribution in [2.24, 2.45) is 0 Å². The van der Waals surface area contributed by atoms with E-state index in [1.54, 1.807) is 12.1 Å². The van der Waals surface area contributed by atoms with Crippen molar-refractivity contribution in [3.05, 3.63) is 46.8 Å². The van der Waals surface area contributed by atoms with Crippen molar-refractivity contribution in [3.63, 3.8) is 0 Å². The number of nitrogens with zero attached hydrogens (tertiary/aromatic N) is 3. The molecule has 2 heterocycles. The van der Waals surface area contributed by atoms with Crippen molar-refractivity contribution in [1.29, 1.82) is 0 Å². The molecule has 3 rings (SSSR count). The molecule has 0 unspecified atom stereocenters. The molecule has 0 spiro atoms. The molecule has 1 aromatic carbocycles. The average molecular weight is 311 g/mol. The number of hydrogen-bond donors (Lipinski definition) is 2. The van der Waals surface area contributed by atoms with E-state index >= 15 is 0 Å². The maximum atomic E-state index is 10.9. The van der Waals surface area contributed by atoms with E-state index in [2.05, 4.69) is 27.2 Å². The Morgan fingerprint density at radius 2 is 2.17 bits per heavy atom. The summed E-state index contributed by atoms with van der Waals surface area (Å²) in [5.74, 6) is 0.774. The van der Waals surface area contributed by atoms with Crippen LogP contribution in [0.25, 0.3) is 22.3 Å². The molecule has 2 N–H and O–H groups in total. The lowest BCUT2D eigenvalue weighted by Crippen LogP contribution is -2.03. The van der Waals surface area contributed by atoms with Crippen molar-refractivity contribution in [2.45, 2.75) is 19.8 Å². The van der Waals surface area contributed by atoms with Gasteiger partial charge in [-0.3, -0.25) is 10.1 Å². The van der Waals surface area contributed by atoms with Crippen LogP contribution in [0.2, 0.25) is 0 Å². The third-order valence-corrected chi connectivity index (χ3v) is 3.62. The zero-order valence-electron chi connectivity index (χ0n) is 12.7. The van der Waals surface area contributed by atoms with Crippen LogP contribution in [-0.2, 0) is 0 Å². The minimum absolute atomic E-state index is 0.0635. The van der Waals surface area contributed by atoms with Crippen LogP contribution >= 0.6 is 0 Å². The van der Waals surface area contributed by atoms with Crippen LogP contribution in [0.4, 0.5) is 11.5 Å². The van der Waals surface area contributed by atoms with Crippen LogP contribution < -0.4 is 5.32 Å². The van der Waals surface area contributed by atoms with Crippen LogP contribution in [0.3, 0.4) is 0 Å². The average Bonchev–Trinajstić information content (AvgIpc) is 3.00. The van der Waals surface area contributed by atoms with E-state index in [0.717, 1.165) is 41.8 Å². The molecule has 7 heteroatoms. The predicted octanol–water partition coefficient (Wildman–Crippen LogP) is 3.75. The fraction of sp³-hybridized carbons (Fsp3) is 0.250. The first-order valence-corrected chi connectivity index (χ1v) is 7.51. The van der Waals surface area contributed by atoms with Crippen LogP contribution in [0.15, 0.2) is 36.7 Å². The fourth-order valence-corrected chi connectivity index (χ4v) is 2.41. The molecular weight excluding hydrogens is 294 g/mol. The predicted molar refractivity (Wildman–Crippen MR) is 89.4 cm³/mol. The Morgan fingerprint density at radius 3 is 2.96 bits per heavy atom. The quantitative estimate of drug-likeness (QED) is 0.410. The van der Waals surface area contributed by atoms with Gasteiger partial charge in [0.05, 0.1) is 10.3 Å². The number of unbranched alkanes of at least 4 members (excludes halogenated alkanes) is 1. The molecule has 3 aromatic rings. The lowest BCUT2D eigenvalue weighted by atomic mass is 10.1. The minimum atomic E-state index is -0.399. The van der Waals surface area contributed by atoms with Gasteiger partial charge in [0.25, 0.3) is 5.69 Å². The van der Waals surface area contributed by atoms with Crippen molar-refractivity contribution in [3.8, 4) is 11.3 Å². The molecule has 0 amide bonds. The van der Waals surface area contributed by atoms with Gasteiger partial charge in [-0.05, 0) is 12.5 Å². The van der Waals surface area contributed by atoms with Crippen molar-refractivity contribution in [2.75, 3.05) is 11.9 Å². The highest BCUT2D eigenvalue weighted by Gasteiger charge is 2.12. The van der Waals surface area contributed by atoms with Gasteiger partial charge in [0.2, 0.25) is 0 Å². The summed E-state index contributed by atoms with van der Waals surface area (Å²) in [5, 5.41) is 15.1. The minimum Gasteiger partial charge on any atom is -0.369 e. The summed E-state index contributed by atoms with van der Waals surface area (Å²) < 4.78 is 0. The summed E-state index contributed by atoms with van der Waals surface area (Å²) in [6, 6.07) is 8.44. The number of anilines is 1. The molecule has 7 nitrogen and oxygen atoms in total. The molecule has 0 aliphatic heterocycles. The lowest BCUT2D eigenvalue weighted by Gasteiger charge is -2.04. The Morgan fingerprint density at radius 1 is 1.30 bits per heavy atom. The summed E-state index contributed by atoms with van der Waals surface area (Å²) in [5.41, 5.74) is 2.30. The molecule has 0 saturated heterocycles. The number of H-pyrrole nitrogens is 1. The van der Waals surface area contributed by atoms with Crippen LogP contribution in [0.1, 0.15) is 19.8 Å². The van der Waals surface area contributed by atoms with Gasteiger partial charge in [-0.2, -0.15) is 0 Å². The summed E-state index contributed by atoms with van der Waals surface area (Å²) >= 11 is 0. The number of fused-ring (bicyclic) bond motifs is 1. The number of non-ortho nitro benzene ring substituents is 1. The highest BCUT2D eigenvalue weighted by Crippen LogP contribution is 2.28. The topological polar surface area (TPSA) is 96.7 Å². The number of nitro groups is 1. The highest BCUT2D eigenvalue weighted by atomic mass is 16.6. The number of aromatic nitrogens is 3. The lowest BCUT2D eigenvalue weighted by molar-refractivity contribution is -0.384. The Bertz CT molecular complexity index is 843.